The average Bonchev–Trinajstić information content (AvgIpc) is 3.01. The molecule has 1 saturated carbocycles. The fourth-order valence-electron chi connectivity index (χ4n) is 1.61. The number of hydrogen-bond donors (Lipinski definition) is 2. The fourth-order valence-corrected chi connectivity index (χ4v) is 2.23. The second kappa shape index (κ2) is 8.69. The molecule has 1 heterocycles. The highest BCUT2D eigenvalue weighted by Crippen LogP contribution is 2.31. The third-order valence-corrected chi connectivity index (χ3v) is 3.65. The van der Waals surface area contributed by atoms with Crippen LogP contribution in [0.25, 0.3) is 0 Å². The molecule has 0 aromatic carbocycles. The number of thiazole rings is 1. The number of nitrogens with zero attached hydrogens (tertiary/aromatic N) is 1. The van der Waals surface area contributed by atoms with Gasteiger partial charge in [0, 0.05) is 37.0 Å². The second-order valence-corrected chi connectivity index (χ2v) is 5.21. The molecule has 1 aromatic heterocycles. The van der Waals surface area contributed by atoms with E-state index in [1.807, 2.05) is 5.38 Å². The summed E-state index contributed by atoms with van der Waals surface area (Å²) in [5, 5.41) is 5.82. The minimum Gasteiger partial charge on any atom is -0.355 e. The number of rotatable bonds is 6. The number of halogens is 2. The number of hydrogen-bond acceptors (Lipinski definition) is 4. The number of carbonyl (C=O) groups excluding carboxylic acids is 1. The van der Waals surface area contributed by atoms with Crippen LogP contribution in [-0.2, 0) is 11.2 Å². The van der Waals surface area contributed by atoms with E-state index in [1.165, 1.54) is 12.8 Å². The maximum Gasteiger partial charge on any atom is 0.220 e. The molecule has 104 valence electrons. The number of nitrogens with two attached hydrogens (primary N) is 1. The molecule has 1 atom stereocenters. The van der Waals surface area contributed by atoms with Gasteiger partial charge in [-0.1, -0.05) is 0 Å². The van der Waals surface area contributed by atoms with E-state index >= 15 is 0 Å². The lowest BCUT2D eigenvalue weighted by molar-refractivity contribution is -0.121. The quantitative estimate of drug-likeness (QED) is 0.841. The van der Waals surface area contributed by atoms with Crippen molar-refractivity contribution < 1.29 is 4.79 Å². The molecule has 1 aromatic rings. The number of nitrogens with one attached hydrogen (secondary N) is 1. The van der Waals surface area contributed by atoms with Crippen molar-refractivity contribution in [2.75, 3.05) is 6.54 Å². The van der Waals surface area contributed by atoms with Gasteiger partial charge in [-0.3, -0.25) is 4.79 Å². The van der Waals surface area contributed by atoms with Crippen molar-refractivity contribution in [3.63, 3.8) is 0 Å². The smallest absolute Gasteiger partial charge is 0.220 e. The van der Waals surface area contributed by atoms with Gasteiger partial charge in [-0.2, -0.15) is 0 Å². The predicted octanol–water partition coefficient (Wildman–Crippen LogP) is 1.77. The summed E-state index contributed by atoms with van der Waals surface area (Å²) in [6.07, 6.45) is 5.43. The van der Waals surface area contributed by atoms with Crippen molar-refractivity contribution in [3.8, 4) is 0 Å². The zero-order valence-corrected chi connectivity index (χ0v) is 12.5. The molecule has 0 radical (unpaired) electrons. The Morgan fingerprint density at radius 1 is 1.56 bits per heavy atom. The number of aryl methyl sites for hydroxylation is 1. The van der Waals surface area contributed by atoms with Crippen molar-refractivity contribution in [3.05, 3.63) is 16.6 Å². The van der Waals surface area contributed by atoms with Crippen LogP contribution in [0.4, 0.5) is 0 Å². The summed E-state index contributed by atoms with van der Waals surface area (Å²) < 4.78 is 0. The minimum atomic E-state index is 0. The lowest BCUT2D eigenvalue weighted by atomic mass is 10.2. The minimum absolute atomic E-state index is 0. The van der Waals surface area contributed by atoms with Gasteiger partial charge in [-0.25, -0.2) is 4.98 Å². The van der Waals surface area contributed by atoms with Crippen LogP contribution in [0.5, 0.6) is 0 Å². The fraction of sp³-hybridized carbons (Fsp3) is 0.636. The first-order valence-corrected chi connectivity index (χ1v) is 6.54. The van der Waals surface area contributed by atoms with E-state index in [2.05, 4.69) is 10.3 Å². The largest absolute Gasteiger partial charge is 0.355 e. The summed E-state index contributed by atoms with van der Waals surface area (Å²) in [6.45, 7) is 0.612. The molecule has 1 fully saturated rings. The SMILES string of the molecule is Cl.Cl.NC(CNC(=O)CCc1nccs1)C1CC1. The summed E-state index contributed by atoms with van der Waals surface area (Å²) >= 11 is 1.59. The molecule has 1 amide bonds. The van der Waals surface area contributed by atoms with Crippen LogP contribution in [0.2, 0.25) is 0 Å². The number of aromatic nitrogens is 1. The first kappa shape index (κ1) is 17.6. The Morgan fingerprint density at radius 3 is 2.83 bits per heavy atom. The standard InChI is InChI=1S/C11H17N3OS.2ClH/c12-9(8-1-2-8)7-14-10(15)3-4-11-13-5-6-16-11;;/h5-6,8-9H,1-4,7,12H2,(H,14,15);2*1H. The predicted molar refractivity (Wildman–Crippen MR) is 78.6 cm³/mol. The van der Waals surface area contributed by atoms with E-state index in [1.54, 1.807) is 17.5 Å². The van der Waals surface area contributed by atoms with Gasteiger partial charge in [0.15, 0.2) is 0 Å². The topological polar surface area (TPSA) is 68.0 Å². The second-order valence-electron chi connectivity index (χ2n) is 4.23. The highest BCUT2D eigenvalue weighted by Gasteiger charge is 2.28. The van der Waals surface area contributed by atoms with Crippen molar-refractivity contribution in [1.29, 1.82) is 0 Å². The summed E-state index contributed by atoms with van der Waals surface area (Å²) in [6, 6.07) is 0.142. The summed E-state index contributed by atoms with van der Waals surface area (Å²) in [5.41, 5.74) is 5.89. The van der Waals surface area contributed by atoms with Crippen molar-refractivity contribution in [2.45, 2.75) is 31.7 Å². The third kappa shape index (κ3) is 6.00. The van der Waals surface area contributed by atoms with Gasteiger partial charge in [0.25, 0.3) is 0 Å². The van der Waals surface area contributed by atoms with Crippen molar-refractivity contribution in [2.24, 2.45) is 11.7 Å². The van der Waals surface area contributed by atoms with Gasteiger partial charge in [0.05, 0.1) is 5.01 Å². The highest BCUT2D eigenvalue weighted by molar-refractivity contribution is 7.09. The molecule has 1 aliphatic rings. The van der Waals surface area contributed by atoms with Gasteiger partial charge in [0.1, 0.15) is 0 Å². The molecule has 1 unspecified atom stereocenters. The normalized spacial score (nSPS) is 15.2. The van der Waals surface area contributed by atoms with Crippen LogP contribution in [0.3, 0.4) is 0 Å². The van der Waals surface area contributed by atoms with Crippen LogP contribution < -0.4 is 11.1 Å². The van der Waals surface area contributed by atoms with E-state index in [0.717, 1.165) is 11.4 Å². The summed E-state index contributed by atoms with van der Waals surface area (Å²) in [4.78, 5) is 15.6. The molecule has 0 spiro atoms. The molecular formula is C11H19Cl2N3OS. The molecule has 4 nitrogen and oxygen atoms in total. The van der Waals surface area contributed by atoms with Crippen LogP contribution in [0.15, 0.2) is 11.6 Å². The molecule has 3 N–H and O–H groups in total. The number of amides is 1. The van der Waals surface area contributed by atoms with Gasteiger partial charge < -0.3 is 11.1 Å². The van der Waals surface area contributed by atoms with E-state index in [-0.39, 0.29) is 36.8 Å². The van der Waals surface area contributed by atoms with E-state index in [4.69, 9.17) is 5.73 Å². The molecule has 7 heteroatoms. The van der Waals surface area contributed by atoms with Crippen LogP contribution in [0.1, 0.15) is 24.3 Å². The van der Waals surface area contributed by atoms with Crippen LogP contribution in [0, 0.1) is 5.92 Å². The van der Waals surface area contributed by atoms with E-state index in [0.29, 0.717) is 18.9 Å². The summed E-state index contributed by atoms with van der Waals surface area (Å²) in [7, 11) is 0. The van der Waals surface area contributed by atoms with Gasteiger partial charge in [-0.15, -0.1) is 36.2 Å². The van der Waals surface area contributed by atoms with Gasteiger partial charge in [-0.05, 0) is 18.8 Å². The monoisotopic (exact) mass is 311 g/mol. The van der Waals surface area contributed by atoms with Crippen LogP contribution >= 0.6 is 36.2 Å². The van der Waals surface area contributed by atoms with Gasteiger partial charge >= 0.3 is 0 Å². The molecule has 2 rings (SSSR count). The Bertz CT molecular complexity index is 344. The zero-order valence-electron chi connectivity index (χ0n) is 10.0. The van der Waals surface area contributed by atoms with Crippen LogP contribution in [-0.4, -0.2) is 23.5 Å². The van der Waals surface area contributed by atoms with Crippen molar-refractivity contribution >= 4 is 42.1 Å². The molecule has 18 heavy (non-hydrogen) atoms. The Morgan fingerprint density at radius 2 is 2.28 bits per heavy atom. The average molecular weight is 312 g/mol. The van der Waals surface area contributed by atoms with E-state index < -0.39 is 0 Å². The number of carbonyl (C=O) groups is 1. The molecule has 0 bridgehead atoms. The van der Waals surface area contributed by atoms with E-state index in [9.17, 15) is 4.79 Å². The maximum atomic E-state index is 11.5. The van der Waals surface area contributed by atoms with Gasteiger partial charge in [0.2, 0.25) is 5.91 Å². The first-order valence-electron chi connectivity index (χ1n) is 5.66. The maximum absolute atomic E-state index is 11.5. The Labute approximate surface area is 124 Å². The Balaban J connectivity index is 0.00000144. The molecule has 1 aliphatic carbocycles. The highest BCUT2D eigenvalue weighted by atomic mass is 35.5. The Kier molecular flexibility index (Phi) is 8.52. The Hall–Kier alpha value is -0.360. The first-order chi connectivity index (χ1) is 7.75. The van der Waals surface area contributed by atoms with Crippen molar-refractivity contribution in [1.82, 2.24) is 10.3 Å². The molecule has 0 aliphatic heterocycles. The lowest BCUT2D eigenvalue weighted by Gasteiger charge is -2.11. The summed E-state index contributed by atoms with van der Waals surface area (Å²) in [5.74, 6) is 0.713. The molecule has 0 saturated heterocycles. The third-order valence-electron chi connectivity index (χ3n) is 2.81. The zero-order chi connectivity index (χ0) is 11.4. The lowest BCUT2D eigenvalue weighted by Crippen LogP contribution is -2.38. The molecular weight excluding hydrogens is 293 g/mol.